The summed E-state index contributed by atoms with van der Waals surface area (Å²) in [5, 5.41) is 33.5. The number of aromatic nitrogens is 1. The Bertz CT molecular complexity index is 897. The van der Waals surface area contributed by atoms with Crippen molar-refractivity contribution in [2.45, 2.75) is 32.1 Å². The fraction of sp³-hybridized carbons (Fsp3) is 0.316. The van der Waals surface area contributed by atoms with E-state index in [0.29, 0.717) is 10.6 Å². The number of halogens is 1. The highest BCUT2D eigenvalue weighted by molar-refractivity contribution is 6.30. The largest absolute Gasteiger partial charge is 0.481 e. The van der Waals surface area contributed by atoms with E-state index in [9.17, 15) is 15.0 Å². The molecular weight excluding hydrogens is 398 g/mol. The molecule has 0 spiro atoms. The molecule has 1 aromatic heterocycles. The van der Waals surface area contributed by atoms with Crippen molar-refractivity contribution < 1.29 is 19.7 Å². The smallest absolute Gasteiger partial charge is 0.320 e. The Morgan fingerprint density at radius 3 is 2.52 bits per heavy atom. The molecule has 9 nitrogen and oxygen atoms in total. The number of pyridine rings is 1. The van der Waals surface area contributed by atoms with E-state index in [1.807, 2.05) is 0 Å². The number of aliphatic hydroxyl groups is 2. The van der Waals surface area contributed by atoms with Crippen molar-refractivity contribution in [3.63, 3.8) is 0 Å². The number of aliphatic hydroxyl groups excluding tert-OH is 1. The normalized spacial score (nSPS) is 12.2. The second kappa shape index (κ2) is 9.08. The summed E-state index contributed by atoms with van der Waals surface area (Å²) in [6.07, 6.45) is 0. The van der Waals surface area contributed by atoms with Crippen LogP contribution in [0.2, 0.25) is 5.02 Å². The third kappa shape index (κ3) is 5.57. The molecule has 0 aliphatic carbocycles. The first kappa shape index (κ1) is 22.4. The molecule has 1 atom stereocenters. The summed E-state index contributed by atoms with van der Waals surface area (Å²) in [6, 6.07) is 6.70. The number of carbonyl (C=O) groups excluding carboxylic acids is 1. The zero-order chi connectivity index (χ0) is 21.8. The van der Waals surface area contributed by atoms with E-state index in [1.165, 1.54) is 13.2 Å². The molecule has 0 saturated carbocycles. The molecular formula is C19H24ClN5O4. The van der Waals surface area contributed by atoms with Crippen molar-refractivity contribution in [2.75, 3.05) is 18.2 Å². The number of benzene rings is 1. The number of ether oxygens (including phenoxy) is 1. The lowest BCUT2D eigenvalue weighted by molar-refractivity contribution is 0.0415. The Balaban J connectivity index is 2.25. The molecule has 2 rings (SSSR count). The molecule has 2 aromatic rings. The molecule has 0 aliphatic rings. The summed E-state index contributed by atoms with van der Waals surface area (Å²) in [7, 11) is 1.30. The van der Waals surface area contributed by atoms with Crippen LogP contribution in [0.3, 0.4) is 0 Å². The molecule has 156 valence electrons. The van der Waals surface area contributed by atoms with Crippen LogP contribution < -0.4 is 16.4 Å². The van der Waals surface area contributed by atoms with E-state index >= 15 is 0 Å². The summed E-state index contributed by atoms with van der Waals surface area (Å²) in [5.74, 6) is -0.179. The molecule has 0 aliphatic heterocycles. The van der Waals surface area contributed by atoms with Crippen LogP contribution in [0.25, 0.3) is 0 Å². The van der Waals surface area contributed by atoms with Gasteiger partial charge in [-0.05, 0) is 31.5 Å². The van der Waals surface area contributed by atoms with Crippen LogP contribution in [-0.4, -0.2) is 39.8 Å². The predicted molar refractivity (Wildman–Crippen MR) is 111 cm³/mol. The lowest BCUT2D eigenvalue weighted by atomic mass is 9.92. The lowest BCUT2D eigenvalue weighted by Crippen LogP contribution is -2.44. The number of carbonyl (C=O) groups is 1. The molecule has 0 radical (unpaired) electrons. The van der Waals surface area contributed by atoms with E-state index < -0.39 is 24.3 Å². The van der Waals surface area contributed by atoms with Crippen molar-refractivity contribution in [2.24, 2.45) is 0 Å². The van der Waals surface area contributed by atoms with Gasteiger partial charge >= 0.3 is 6.03 Å². The Morgan fingerprint density at radius 2 is 2.00 bits per heavy atom. The molecule has 1 unspecified atom stereocenters. The molecule has 7 N–H and O–H groups in total. The first-order chi connectivity index (χ1) is 13.6. The van der Waals surface area contributed by atoms with Crippen LogP contribution in [0.1, 0.15) is 36.7 Å². The molecule has 0 bridgehead atoms. The fourth-order valence-corrected chi connectivity index (χ4v) is 2.89. The van der Waals surface area contributed by atoms with Gasteiger partial charge in [-0.3, -0.25) is 10.7 Å². The van der Waals surface area contributed by atoms with Gasteiger partial charge in [-0.2, -0.15) is 0 Å². The van der Waals surface area contributed by atoms with E-state index in [2.05, 4.69) is 15.6 Å². The van der Waals surface area contributed by atoms with Gasteiger partial charge in [0.25, 0.3) is 0 Å². The number of nitrogens with one attached hydrogen (secondary N) is 3. The fourth-order valence-electron chi connectivity index (χ4n) is 2.77. The van der Waals surface area contributed by atoms with Crippen molar-refractivity contribution in [1.29, 1.82) is 5.41 Å². The predicted octanol–water partition coefficient (Wildman–Crippen LogP) is 2.41. The van der Waals surface area contributed by atoms with Crippen molar-refractivity contribution in [3.05, 3.63) is 52.2 Å². The van der Waals surface area contributed by atoms with Gasteiger partial charge in [-0.1, -0.05) is 23.7 Å². The van der Waals surface area contributed by atoms with E-state index in [-0.39, 0.29) is 28.7 Å². The van der Waals surface area contributed by atoms with Crippen molar-refractivity contribution in [1.82, 2.24) is 10.3 Å². The average molecular weight is 422 g/mol. The van der Waals surface area contributed by atoms with Gasteiger partial charge in [0, 0.05) is 16.8 Å². The third-order valence-electron chi connectivity index (χ3n) is 4.13. The molecule has 0 fully saturated rings. The van der Waals surface area contributed by atoms with Crippen molar-refractivity contribution in [3.8, 4) is 0 Å². The second-order valence-corrected chi connectivity index (χ2v) is 7.28. The molecule has 2 amide bonds. The number of nitrogens with two attached hydrogens (primary N) is 1. The van der Waals surface area contributed by atoms with Crippen LogP contribution >= 0.6 is 11.6 Å². The number of methoxy groups -OCH3 is 1. The van der Waals surface area contributed by atoms with Crippen LogP contribution in [0.15, 0.2) is 30.3 Å². The van der Waals surface area contributed by atoms with Gasteiger partial charge in [0.15, 0.2) is 0 Å². The summed E-state index contributed by atoms with van der Waals surface area (Å²) in [4.78, 5) is 16.6. The summed E-state index contributed by atoms with van der Waals surface area (Å²) >= 11 is 5.91. The number of nitrogen functional groups attached to an aromatic ring is 1. The monoisotopic (exact) mass is 421 g/mol. The number of anilines is 2. The van der Waals surface area contributed by atoms with Gasteiger partial charge in [0.2, 0.25) is 5.90 Å². The molecule has 10 heteroatoms. The van der Waals surface area contributed by atoms with Gasteiger partial charge in [0.05, 0.1) is 36.6 Å². The first-order valence-corrected chi connectivity index (χ1v) is 9.03. The topological polar surface area (TPSA) is 154 Å². The minimum Gasteiger partial charge on any atom is -0.481 e. The minimum absolute atomic E-state index is 0.0716. The van der Waals surface area contributed by atoms with Crippen LogP contribution in [-0.2, 0) is 11.3 Å². The molecule has 1 heterocycles. The Morgan fingerprint density at radius 1 is 1.38 bits per heavy atom. The average Bonchev–Trinajstić information content (AvgIpc) is 2.65. The number of urea groups is 1. The van der Waals surface area contributed by atoms with Gasteiger partial charge in [-0.25, -0.2) is 9.78 Å². The zero-order valence-corrected chi connectivity index (χ0v) is 17.0. The van der Waals surface area contributed by atoms with Crippen molar-refractivity contribution >= 4 is 35.0 Å². The zero-order valence-electron chi connectivity index (χ0n) is 16.3. The SMILES string of the molecule is COC(=N)c1c(N)cc(NC(=O)NC(c2ccc(Cl)cc2)C(C)(C)O)nc1CO. The number of hydrogen-bond acceptors (Lipinski definition) is 7. The number of hydrogen-bond donors (Lipinski definition) is 6. The van der Waals surface area contributed by atoms with Gasteiger partial charge < -0.3 is 26.0 Å². The highest BCUT2D eigenvalue weighted by Crippen LogP contribution is 2.27. The summed E-state index contributed by atoms with van der Waals surface area (Å²) in [5.41, 5.74) is 5.66. The van der Waals surface area contributed by atoms with E-state index in [0.717, 1.165) is 0 Å². The van der Waals surface area contributed by atoms with Crippen LogP contribution in [0, 0.1) is 5.41 Å². The number of nitrogens with zero attached hydrogens (tertiary/aromatic N) is 1. The Labute approximate surface area is 173 Å². The van der Waals surface area contributed by atoms with Crippen LogP contribution in [0.4, 0.5) is 16.3 Å². The van der Waals surface area contributed by atoms with Gasteiger partial charge in [0.1, 0.15) is 5.82 Å². The maximum atomic E-state index is 12.5. The lowest BCUT2D eigenvalue weighted by Gasteiger charge is -2.30. The quantitative estimate of drug-likeness (QED) is 0.311. The van der Waals surface area contributed by atoms with Gasteiger partial charge in [-0.15, -0.1) is 0 Å². The summed E-state index contributed by atoms with van der Waals surface area (Å²) < 4.78 is 4.84. The second-order valence-electron chi connectivity index (χ2n) is 6.85. The highest BCUT2D eigenvalue weighted by atomic mass is 35.5. The maximum Gasteiger partial charge on any atom is 0.320 e. The molecule has 29 heavy (non-hydrogen) atoms. The first-order valence-electron chi connectivity index (χ1n) is 8.65. The van der Waals surface area contributed by atoms with E-state index in [1.54, 1.807) is 38.1 Å². The number of rotatable bonds is 6. The maximum absolute atomic E-state index is 12.5. The molecule has 0 saturated heterocycles. The summed E-state index contributed by atoms with van der Waals surface area (Å²) in [6.45, 7) is 2.63. The number of amides is 2. The highest BCUT2D eigenvalue weighted by Gasteiger charge is 2.30. The molecule has 1 aromatic carbocycles. The standard InChI is InChI=1S/C19H24ClN5O4/c1-19(2,28)16(10-4-6-11(20)7-5-10)25-18(27)24-14-8-12(21)15(17(22)29-3)13(9-26)23-14/h4-8,16,22,26,28H,9H2,1-3H3,(H4,21,23,24,25,27). The third-order valence-corrected chi connectivity index (χ3v) is 4.38. The minimum atomic E-state index is -1.27. The van der Waals surface area contributed by atoms with E-state index in [4.69, 9.17) is 27.5 Å². The Kier molecular flexibility index (Phi) is 7.02. The van der Waals surface area contributed by atoms with Crippen LogP contribution in [0.5, 0.6) is 0 Å². The Hall–Kier alpha value is -2.88.